The van der Waals surface area contributed by atoms with Crippen molar-refractivity contribution in [2.45, 2.75) is 51.6 Å². The smallest absolute Gasteiger partial charge is 0.416 e. The van der Waals surface area contributed by atoms with Gasteiger partial charge < -0.3 is 24.8 Å². The maximum atomic E-state index is 13.5. The molecule has 2 aromatic carbocycles. The number of hydrogen-bond donors (Lipinski definition) is 2. The van der Waals surface area contributed by atoms with Crippen LogP contribution in [0.25, 0.3) is 0 Å². The molecular weight excluding hydrogens is 577 g/mol. The normalized spacial score (nSPS) is 20.7. The SMILES string of the molecule is C[C@@H]1CN([C@H](C)CO)C(=O)Cc2cc(NC(=O)CCN3CCOCC3)ccc2O[C@@H]1CN(C)Cc1ccc(C(F)(F)F)cc1. The molecule has 1 fully saturated rings. The van der Waals surface area contributed by atoms with E-state index in [2.05, 4.69) is 10.2 Å². The van der Waals surface area contributed by atoms with Crippen LogP contribution in [0, 0.1) is 5.92 Å². The molecule has 0 spiro atoms. The van der Waals surface area contributed by atoms with Crippen LogP contribution in [-0.2, 0) is 33.5 Å². The standard InChI is InChI=1S/C32H43F3N4O5/c1-22-18-39(23(2)21-40)31(42)17-25-16-27(36-30(41)10-11-38-12-14-43-15-13-38)8-9-28(25)44-29(22)20-37(3)19-24-4-6-26(7-5-24)32(33,34)35/h4-9,16,22-23,29,40H,10-15,17-21H2,1-3H3,(H,36,41)/t22-,23-,29-/m1/s1. The van der Waals surface area contributed by atoms with E-state index >= 15 is 0 Å². The summed E-state index contributed by atoms with van der Waals surface area (Å²) in [5.41, 5.74) is 1.23. The van der Waals surface area contributed by atoms with Crippen LogP contribution in [0.15, 0.2) is 42.5 Å². The van der Waals surface area contributed by atoms with E-state index in [-0.39, 0.29) is 36.9 Å². The molecule has 2 N–H and O–H groups in total. The van der Waals surface area contributed by atoms with Gasteiger partial charge in [-0.15, -0.1) is 0 Å². The largest absolute Gasteiger partial charge is 0.488 e. The molecule has 2 aliphatic rings. The monoisotopic (exact) mass is 620 g/mol. The number of anilines is 1. The number of aliphatic hydroxyl groups excluding tert-OH is 1. The van der Waals surface area contributed by atoms with E-state index in [0.717, 1.165) is 30.8 Å². The van der Waals surface area contributed by atoms with E-state index in [1.807, 2.05) is 18.9 Å². The van der Waals surface area contributed by atoms with Gasteiger partial charge in [-0.1, -0.05) is 19.1 Å². The summed E-state index contributed by atoms with van der Waals surface area (Å²) >= 11 is 0. The lowest BCUT2D eigenvalue weighted by molar-refractivity contribution is -0.137. The van der Waals surface area contributed by atoms with Crippen molar-refractivity contribution in [3.8, 4) is 5.75 Å². The van der Waals surface area contributed by atoms with Gasteiger partial charge in [0.2, 0.25) is 11.8 Å². The zero-order valence-electron chi connectivity index (χ0n) is 25.6. The van der Waals surface area contributed by atoms with Crippen LogP contribution in [0.5, 0.6) is 5.75 Å². The number of fused-ring (bicyclic) bond motifs is 1. The number of likely N-dealkylation sites (N-methyl/N-ethyl adjacent to an activating group) is 1. The van der Waals surface area contributed by atoms with Crippen LogP contribution < -0.4 is 10.1 Å². The Bertz CT molecular complexity index is 1250. The van der Waals surface area contributed by atoms with Gasteiger partial charge in [0.05, 0.1) is 37.8 Å². The Hall–Kier alpha value is -3.19. The molecule has 2 aromatic rings. The van der Waals surface area contributed by atoms with Crippen LogP contribution in [0.1, 0.15) is 37.0 Å². The Labute approximate surface area is 256 Å². The second kappa shape index (κ2) is 15.2. The second-order valence-electron chi connectivity index (χ2n) is 11.9. The van der Waals surface area contributed by atoms with Gasteiger partial charge in [0.1, 0.15) is 11.9 Å². The van der Waals surface area contributed by atoms with Gasteiger partial charge in [0.25, 0.3) is 0 Å². The number of hydrogen-bond acceptors (Lipinski definition) is 7. The molecule has 44 heavy (non-hydrogen) atoms. The maximum Gasteiger partial charge on any atom is 0.416 e. The second-order valence-corrected chi connectivity index (χ2v) is 11.9. The van der Waals surface area contributed by atoms with Gasteiger partial charge in [-0.2, -0.15) is 13.2 Å². The average molecular weight is 621 g/mol. The summed E-state index contributed by atoms with van der Waals surface area (Å²) < 4.78 is 50.9. The first-order valence-corrected chi connectivity index (χ1v) is 15.1. The van der Waals surface area contributed by atoms with Crippen molar-refractivity contribution in [3.05, 3.63) is 59.2 Å². The summed E-state index contributed by atoms with van der Waals surface area (Å²) in [7, 11) is 1.87. The highest BCUT2D eigenvalue weighted by molar-refractivity contribution is 5.91. The first-order chi connectivity index (χ1) is 20.9. The summed E-state index contributed by atoms with van der Waals surface area (Å²) in [6.45, 7) is 8.35. The molecule has 12 heteroatoms. The molecule has 2 amide bonds. The number of benzene rings is 2. The number of halogens is 3. The Morgan fingerprint density at radius 1 is 1.16 bits per heavy atom. The van der Waals surface area contributed by atoms with E-state index < -0.39 is 17.8 Å². The summed E-state index contributed by atoms with van der Waals surface area (Å²) in [5.74, 6) is 0.118. The quantitative estimate of drug-likeness (QED) is 0.419. The number of morpholine rings is 1. The highest BCUT2D eigenvalue weighted by Crippen LogP contribution is 2.31. The van der Waals surface area contributed by atoms with Crippen LogP contribution in [-0.4, -0.2) is 103 Å². The van der Waals surface area contributed by atoms with Crippen LogP contribution in [0.4, 0.5) is 18.9 Å². The van der Waals surface area contributed by atoms with Crippen molar-refractivity contribution in [1.29, 1.82) is 0 Å². The minimum absolute atomic E-state index is 0.0397. The Kier molecular flexibility index (Phi) is 11.6. The van der Waals surface area contributed by atoms with Gasteiger partial charge >= 0.3 is 6.18 Å². The number of aliphatic hydroxyl groups is 1. The minimum atomic E-state index is -4.39. The molecule has 0 radical (unpaired) electrons. The molecular formula is C32H43F3N4O5. The molecule has 242 valence electrons. The summed E-state index contributed by atoms with van der Waals surface area (Å²) in [6, 6.07) is 10.00. The maximum absolute atomic E-state index is 13.5. The Morgan fingerprint density at radius 3 is 2.52 bits per heavy atom. The van der Waals surface area contributed by atoms with E-state index in [0.29, 0.717) is 62.8 Å². The van der Waals surface area contributed by atoms with Crippen molar-refractivity contribution >= 4 is 17.5 Å². The van der Waals surface area contributed by atoms with Gasteiger partial charge in [0.15, 0.2) is 0 Å². The summed E-state index contributed by atoms with van der Waals surface area (Å²) in [4.78, 5) is 32.0. The molecule has 2 aliphatic heterocycles. The predicted molar refractivity (Wildman–Crippen MR) is 160 cm³/mol. The van der Waals surface area contributed by atoms with Crippen molar-refractivity contribution in [1.82, 2.24) is 14.7 Å². The molecule has 2 heterocycles. The highest BCUT2D eigenvalue weighted by Gasteiger charge is 2.32. The molecule has 9 nitrogen and oxygen atoms in total. The molecule has 0 unspecified atom stereocenters. The number of rotatable bonds is 10. The number of ether oxygens (including phenoxy) is 2. The number of nitrogens with one attached hydrogen (secondary N) is 1. The zero-order chi connectivity index (χ0) is 31.9. The Balaban J connectivity index is 1.49. The van der Waals surface area contributed by atoms with Crippen LogP contribution in [0.2, 0.25) is 0 Å². The highest BCUT2D eigenvalue weighted by atomic mass is 19.4. The van der Waals surface area contributed by atoms with Gasteiger partial charge in [-0.05, 0) is 49.9 Å². The van der Waals surface area contributed by atoms with Crippen molar-refractivity contribution in [3.63, 3.8) is 0 Å². The fourth-order valence-corrected chi connectivity index (χ4v) is 5.52. The molecule has 3 atom stereocenters. The lowest BCUT2D eigenvalue weighted by Crippen LogP contribution is -2.47. The van der Waals surface area contributed by atoms with Crippen molar-refractivity contribution in [2.75, 3.05) is 64.9 Å². The molecule has 0 aliphatic carbocycles. The topological polar surface area (TPSA) is 94.6 Å². The Morgan fingerprint density at radius 2 is 1.86 bits per heavy atom. The molecule has 0 saturated carbocycles. The number of carbonyl (C=O) groups excluding carboxylic acids is 2. The lowest BCUT2D eigenvalue weighted by Gasteiger charge is -2.34. The summed E-state index contributed by atoms with van der Waals surface area (Å²) in [6.07, 6.45) is -4.39. The van der Waals surface area contributed by atoms with Crippen molar-refractivity contribution in [2.24, 2.45) is 5.92 Å². The van der Waals surface area contributed by atoms with Gasteiger partial charge in [-0.3, -0.25) is 19.4 Å². The molecule has 0 bridgehead atoms. The van der Waals surface area contributed by atoms with E-state index in [4.69, 9.17) is 9.47 Å². The summed E-state index contributed by atoms with van der Waals surface area (Å²) in [5, 5.41) is 12.8. The van der Waals surface area contributed by atoms with E-state index in [1.54, 1.807) is 30.0 Å². The zero-order valence-corrected chi connectivity index (χ0v) is 25.6. The lowest BCUT2D eigenvalue weighted by atomic mass is 10.0. The number of amides is 2. The van der Waals surface area contributed by atoms with Crippen LogP contribution >= 0.6 is 0 Å². The number of nitrogens with zero attached hydrogens (tertiary/aromatic N) is 3. The third kappa shape index (κ3) is 9.40. The first-order valence-electron chi connectivity index (χ1n) is 15.1. The fraction of sp³-hybridized carbons (Fsp3) is 0.562. The number of carbonyl (C=O) groups is 2. The minimum Gasteiger partial charge on any atom is -0.488 e. The van der Waals surface area contributed by atoms with Gasteiger partial charge in [0, 0.05) is 62.9 Å². The third-order valence-electron chi connectivity index (χ3n) is 8.18. The molecule has 4 rings (SSSR count). The van der Waals surface area contributed by atoms with E-state index in [1.165, 1.54) is 12.1 Å². The predicted octanol–water partition coefficient (Wildman–Crippen LogP) is 3.65. The van der Waals surface area contributed by atoms with E-state index in [9.17, 15) is 27.9 Å². The molecule has 0 aromatic heterocycles. The first kappa shape index (κ1) is 33.7. The third-order valence-corrected chi connectivity index (χ3v) is 8.18. The molecule has 1 saturated heterocycles. The fourth-order valence-electron chi connectivity index (χ4n) is 5.52. The van der Waals surface area contributed by atoms with Gasteiger partial charge in [-0.25, -0.2) is 0 Å². The average Bonchev–Trinajstić information content (AvgIpc) is 3.03. The number of alkyl halides is 3. The van der Waals surface area contributed by atoms with Crippen LogP contribution in [0.3, 0.4) is 0 Å². The van der Waals surface area contributed by atoms with Crippen molar-refractivity contribution < 1.29 is 37.3 Å².